The van der Waals surface area contributed by atoms with Crippen LogP contribution in [0.1, 0.15) is 30.3 Å². The second kappa shape index (κ2) is 8.37. The number of carbonyl (C=O) groups is 2. The Bertz CT molecular complexity index is 906. The second-order valence-electron chi connectivity index (χ2n) is 6.10. The lowest BCUT2D eigenvalue weighted by molar-refractivity contribution is -0.114. The summed E-state index contributed by atoms with van der Waals surface area (Å²) in [5.74, 6) is -2.86. The molecule has 1 heterocycles. The van der Waals surface area contributed by atoms with E-state index in [0.717, 1.165) is 10.6 Å². The number of nitrogens with one attached hydrogen (secondary N) is 2. The van der Waals surface area contributed by atoms with Gasteiger partial charge in [-0.2, -0.15) is 0 Å². The molecule has 0 fully saturated rings. The van der Waals surface area contributed by atoms with E-state index >= 15 is 0 Å². The van der Waals surface area contributed by atoms with Gasteiger partial charge < -0.3 is 5.32 Å². The van der Waals surface area contributed by atoms with Crippen molar-refractivity contribution < 1.29 is 18.0 Å². The maximum atomic E-state index is 12.1. The molecule has 10 heteroatoms. The number of amides is 2. The first-order valence-corrected chi connectivity index (χ1v) is 10.5. The van der Waals surface area contributed by atoms with Crippen LogP contribution in [0, 0.1) is 6.92 Å². The third-order valence-electron chi connectivity index (χ3n) is 3.18. The highest BCUT2D eigenvalue weighted by Gasteiger charge is 2.22. The molecule has 0 saturated carbocycles. The van der Waals surface area contributed by atoms with Crippen LogP contribution in [-0.4, -0.2) is 41.9 Å². The van der Waals surface area contributed by atoms with Crippen LogP contribution in [0.15, 0.2) is 24.3 Å². The van der Waals surface area contributed by atoms with Crippen LogP contribution in [0.3, 0.4) is 0 Å². The third kappa shape index (κ3) is 6.19. The number of aryl methyl sites for hydroxylation is 1. The predicted molar refractivity (Wildman–Crippen MR) is 101 cm³/mol. The van der Waals surface area contributed by atoms with E-state index in [2.05, 4.69) is 20.8 Å². The van der Waals surface area contributed by atoms with Crippen LogP contribution in [-0.2, 0) is 19.4 Å². The number of aromatic nitrogens is 2. The molecule has 0 aliphatic carbocycles. The Balaban J connectivity index is 1.90. The average Bonchev–Trinajstić information content (AvgIpc) is 2.94. The van der Waals surface area contributed by atoms with E-state index in [1.807, 2.05) is 26.8 Å². The summed E-state index contributed by atoms with van der Waals surface area (Å²) in [5, 5.41) is 13.6. The average molecular weight is 396 g/mol. The monoisotopic (exact) mass is 396 g/mol. The lowest BCUT2D eigenvalue weighted by Gasteiger charge is -2.07. The Morgan fingerprint density at radius 2 is 1.77 bits per heavy atom. The second-order valence-corrected chi connectivity index (χ2v) is 9.17. The first-order valence-electron chi connectivity index (χ1n) is 7.85. The number of nitrogens with zero attached hydrogens (tertiary/aromatic N) is 2. The van der Waals surface area contributed by atoms with Gasteiger partial charge in [-0.15, -0.1) is 10.2 Å². The van der Waals surface area contributed by atoms with Crippen molar-refractivity contribution >= 4 is 43.8 Å². The van der Waals surface area contributed by atoms with E-state index < -0.39 is 33.2 Å². The van der Waals surface area contributed by atoms with E-state index in [-0.39, 0.29) is 11.0 Å². The van der Waals surface area contributed by atoms with E-state index in [9.17, 15) is 18.0 Å². The number of benzene rings is 1. The fourth-order valence-corrected chi connectivity index (χ4v) is 3.85. The van der Waals surface area contributed by atoms with Crippen LogP contribution in [0.2, 0.25) is 0 Å². The molecule has 2 rings (SSSR count). The fraction of sp³-hybridized carbons (Fsp3) is 0.375. The molecule has 0 spiro atoms. The number of sulfone groups is 1. The molecule has 2 amide bonds. The number of carbonyl (C=O) groups excluding carboxylic acids is 2. The summed E-state index contributed by atoms with van der Waals surface area (Å²) in [6, 6.07) is 6.99. The Morgan fingerprint density at radius 3 is 2.35 bits per heavy atom. The molecule has 0 unspecified atom stereocenters. The molecule has 1 aromatic carbocycles. The summed E-state index contributed by atoms with van der Waals surface area (Å²) >= 11 is 1.18. The van der Waals surface area contributed by atoms with E-state index in [4.69, 9.17) is 0 Å². The molecule has 0 saturated heterocycles. The molecule has 0 aliphatic heterocycles. The minimum atomic E-state index is -3.91. The van der Waals surface area contributed by atoms with Gasteiger partial charge in [0.05, 0.1) is 0 Å². The first-order chi connectivity index (χ1) is 12.1. The smallest absolute Gasteiger partial charge is 0.241 e. The van der Waals surface area contributed by atoms with Crippen LogP contribution >= 0.6 is 11.3 Å². The zero-order chi connectivity index (χ0) is 19.3. The third-order valence-corrected chi connectivity index (χ3v) is 5.73. The van der Waals surface area contributed by atoms with Crippen LogP contribution in [0.5, 0.6) is 0 Å². The van der Waals surface area contributed by atoms with Crippen molar-refractivity contribution in [2.24, 2.45) is 0 Å². The number of hydrogen-bond donors (Lipinski definition) is 2. The van der Waals surface area contributed by atoms with Gasteiger partial charge in [-0.3, -0.25) is 14.9 Å². The van der Waals surface area contributed by atoms with Crippen molar-refractivity contribution in [2.45, 2.75) is 26.7 Å². The van der Waals surface area contributed by atoms with Crippen molar-refractivity contribution in [3.05, 3.63) is 34.8 Å². The van der Waals surface area contributed by atoms with E-state index in [1.165, 1.54) is 11.3 Å². The molecule has 26 heavy (non-hydrogen) atoms. The maximum Gasteiger partial charge on any atom is 0.241 e. The summed E-state index contributed by atoms with van der Waals surface area (Å²) < 4.78 is 24.1. The van der Waals surface area contributed by atoms with Crippen LogP contribution in [0.25, 0.3) is 0 Å². The summed E-state index contributed by atoms with van der Waals surface area (Å²) in [5.41, 5.74) is 1.44. The number of rotatable bonds is 7. The quantitative estimate of drug-likeness (QED) is 0.739. The topological polar surface area (TPSA) is 118 Å². The normalized spacial score (nSPS) is 11.4. The van der Waals surface area contributed by atoms with Crippen LogP contribution < -0.4 is 10.6 Å². The molecule has 0 aliphatic rings. The lowest BCUT2D eigenvalue weighted by Crippen LogP contribution is -2.30. The van der Waals surface area contributed by atoms with Crippen molar-refractivity contribution in [1.29, 1.82) is 0 Å². The Morgan fingerprint density at radius 1 is 1.12 bits per heavy atom. The molecule has 1 aromatic heterocycles. The summed E-state index contributed by atoms with van der Waals surface area (Å²) in [6.45, 7) is 5.72. The molecule has 0 bridgehead atoms. The van der Waals surface area contributed by atoms with Gasteiger partial charge in [0, 0.05) is 11.6 Å². The number of anilines is 2. The van der Waals surface area contributed by atoms with Gasteiger partial charge in [0.15, 0.2) is 9.84 Å². The van der Waals surface area contributed by atoms with Gasteiger partial charge in [0.1, 0.15) is 16.5 Å². The molecule has 2 N–H and O–H groups in total. The minimum absolute atomic E-state index is 0.159. The highest BCUT2D eigenvalue weighted by atomic mass is 32.2. The van der Waals surface area contributed by atoms with Gasteiger partial charge >= 0.3 is 0 Å². The van der Waals surface area contributed by atoms with E-state index in [0.29, 0.717) is 5.69 Å². The highest BCUT2D eigenvalue weighted by molar-refractivity contribution is 7.92. The fourth-order valence-electron chi connectivity index (χ4n) is 2.04. The zero-order valence-corrected chi connectivity index (χ0v) is 16.3. The van der Waals surface area contributed by atoms with Gasteiger partial charge in [-0.1, -0.05) is 37.3 Å². The Labute approximate surface area is 156 Å². The largest absolute Gasteiger partial charge is 0.325 e. The molecule has 0 atom stereocenters. The van der Waals surface area contributed by atoms with Gasteiger partial charge in [0.2, 0.25) is 16.9 Å². The van der Waals surface area contributed by atoms with Gasteiger partial charge in [0.25, 0.3) is 0 Å². The summed E-state index contributed by atoms with van der Waals surface area (Å²) in [6.07, 6.45) is 0. The summed E-state index contributed by atoms with van der Waals surface area (Å²) in [7, 11) is -3.91. The molecule has 140 valence electrons. The molecular formula is C16H20N4O4S2. The van der Waals surface area contributed by atoms with Gasteiger partial charge in [-0.05, 0) is 24.6 Å². The molecule has 0 radical (unpaired) electrons. The Kier molecular flexibility index (Phi) is 6.43. The minimum Gasteiger partial charge on any atom is -0.325 e. The van der Waals surface area contributed by atoms with Crippen molar-refractivity contribution in [1.82, 2.24) is 10.2 Å². The van der Waals surface area contributed by atoms with Crippen LogP contribution in [0.4, 0.5) is 10.8 Å². The molecule has 2 aromatic rings. The first kappa shape index (κ1) is 20.0. The zero-order valence-electron chi connectivity index (χ0n) is 14.6. The van der Waals surface area contributed by atoms with Crippen molar-refractivity contribution in [3.63, 3.8) is 0 Å². The van der Waals surface area contributed by atoms with Gasteiger partial charge in [-0.25, -0.2) is 8.42 Å². The maximum absolute atomic E-state index is 12.1. The molecule has 8 nitrogen and oxygen atoms in total. The molecular weight excluding hydrogens is 376 g/mol. The highest BCUT2D eigenvalue weighted by Crippen LogP contribution is 2.22. The predicted octanol–water partition coefficient (Wildman–Crippen LogP) is 1.96. The standard InChI is InChI=1S/C16H20N4O4S2/c1-10(2)15-19-20-16(25-15)18-14(22)9-26(23,24)8-13(21)17-12-6-4-5-11(3)7-12/h4-7,10H,8-9H2,1-3H3,(H,17,21)(H,18,20,22). The number of hydrogen-bond acceptors (Lipinski definition) is 7. The Hall–Kier alpha value is -2.33. The van der Waals surface area contributed by atoms with E-state index in [1.54, 1.807) is 18.2 Å². The lowest BCUT2D eigenvalue weighted by atomic mass is 10.2. The van der Waals surface area contributed by atoms with Crippen molar-refractivity contribution in [3.8, 4) is 0 Å². The van der Waals surface area contributed by atoms with Crippen molar-refractivity contribution in [2.75, 3.05) is 22.1 Å². The SMILES string of the molecule is Cc1cccc(NC(=O)CS(=O)(=O)CC(=O)Nc2nnc(C(C)C)s2)c1. The summed E-state index contributed by atoms with van der Waals surface area (Å²) in [4.78, 5) is 23.8.